The first-order valence-corrected chi connectivity index (χ1v) is 6.61. The smallest absolute Gasteiger partial charge is 0.141 e. The predicted molar refractivity (Wildman–Crippen MR) is 72.2 cm³/mol. The Morgan fingerprint density at radius 3 is 2.74 bits per heavy atom. The molecular weight excluding hydrogens is 243 g/mol. The number of nitrogens with one attached hydrogen (secondary N) is 1. The van der Waals surface area contributed by atoms with E-state index in [1.807, 2.05) is 24.0 Å². The molecule has 0 bridgehead atoms. The van der Waals surface area contributed by atoms with Crippen molar-refractivity contribution in [3.8, 4) is 0 Å². The zero-order chi connectivity index (χ0) is 13.7. The zero-order valence-electron chi connectivity index (χ0n) is 11.3. The Balaban J connectivity index is 2.26. The van der Waals surface area contributed by atoms with Crippen molar-refractivity contribution in [3.05, 3.63) is 47.8 Å². The van der Waals surface area contributed by atoms with Gasteiger partial charge < -0.3 is 5.32 Å². The Bertz CT molecular complexity index is 506. The fraction of sp³-hybridized carbons (Fsp3) is 0.429. The lowest BCUT2D eigenvalue weighted by Gasteiger charge is -2.16. The average molecular weight is 262 g/mol. The van der Waals surface area contributed by atoms with Gasteiger partial charge in [0.15, 0.2) is 0 Å². The monoisotopic (exact) mass is 262 g/mol. The largest absolute Gasteiger partial charge is 0.305 e. The van der Waals surface area contributed by atoms with Crippen LogP contribution in [0.4, 0.5) is 4.39 Å². The van der Waals surface area contributed by atoms with E-state index in [9.17, 15) is 4.39 Å². The summed E-state index contributed by atoms with van der Waals surface area (Å²) in [5.41, 5.74) is 1.86. The maximum Gasteiger partial charge on any atom is 0.141 e. The van der Waals surface area contributed by atoms with Gasteiger partial charge in [0, 0.05) is 18.3 Å². The molecule has 2 aromatic rings. The molecule has 102 valence electrons. The molecule has 5 heteroatoms. The summed E-state index contributed by atoms with van der Waals surface area (Å²) in [6.45, 7) is 5.86. The summed E-state index contributed by atoms with van der Waals surface area (Å²) in [5, 5.41) is 7.70. The third-order valence-corrected chi connectivity index (χ3v) is 2.96. The lowest BCUT2D eigenvalue weighted by molar-refractivity contribution is 0.575. The first-order valence-electron chi connectivity index (χ1n) is 6.61. The van der Waals surface area contributed by atoms with E-state index < -0.39 is 0 Å². The van der Waals surface area contributed by atoms with E-state index in [4.69, 9.17) is 0 Å². The van der Waals surface area contributed by atoms with Crippen LogP contribution in [0.2, 0.25) is 0 Å². The molecule has 0 fully saturated rings. The highest BCUT2D eigenvalue weighted by atomic mass is 19.1. The maximum absolute atomic E-state index is 13.0. The predicted octanol–water partition coefficient (Wildman–Crippen LogP) is 2.53. The van der Waals surface area contributed by atoms with Gasteiger partial charge in [-0.2, -0.15) is 5.10 Å². The van der Waals surface area contributed by atoms with Crippen LogP contribution in [-0.4, -0.2) is 21.3 Å². The summed E-state index contributed by atoms with van der Waals surface area (Å²) in [4.78, 5) is 4.17. The highest BCUT2D eigenvalue weighted by molar-refractivity contribution is 5.23. The van der Waals surface area contributed by atoms with Crippen molar-refractivity contribution in [1.82, 2.24) is 20.1 Å². The minimum atomic E-state index is -0.317. The molecule has 0 amide bonds. The Morgan fingerprint density at radius 2 is 2.16 bits per heavy atom. The number of hydrogen-bond acceptors (Lipinski definition) is 3. The first-order chi connectivity index (χ1) is 9.24. The molecule has 0 radical (unpaired) electrons. The normalized spacial score (nSPS) is 12.6. The molecule has 1 N–H and O–H groups in total. The lowest BCUT2D eigenvalue weighted by atomic mass is 10.1. The molecule has 0 aliphatic heterocycles. The fourth-order valence-corrected chi connectivity index (χ4v) is 1.94. The summed E-state index contributed by atoms with van der Waals surface area (Å²) < 4.78 is 14.8. The van der Waals surface area contributed by atoms with E-state index >= 15 is 0 Å². The van der Waals surface area contributed by atoms with Crippen LogP contribution < -0.4 is 5.32 Å². The molecule has 0 aromatic carbocycles. The zero-order valence-corrected chi connectivity index (χ0v) is 11.3. The molecule has 0 aliphatic rings. The van der Waals surface area contributed by atoms with Gasteiger partial charge in [-0.25, -0.2) is 4.39 Å². The third-order valence-electron chi connectivity index (χ3n) is 2.96. The van der Waals surface area contributed by atoms with Crippen molar-refractivity contribution >= 4 is 0 Å². The number of rotatable bonds is 6. The van der Waals surface area contributed by atoms with Crippen molar-refractivity contribution in [2.75, 3.05) is 6.54 Å². The minimum Gasteiger partial charge on any atom is -0.305 e. The van der Waals surface area contributed by atoms with Crippen molar-refractivity contribution in [2.45, 2.75) is 32.9 Å². The summed E-state index contributed by atoms with van der Waals surface area (Å²) in [6, 6.07) is 3.11. The van der Waals surface area contributed by atoms with Gasteiger partial charge >= 0.3 is 0 Å². The first kappa shape index (κ1) is 13.7. The number of aromatic nitrogens is 3. The van der Waals surface area contributed by atoms with E-state index in [2.05, 4.69) is 22.3 Å². The molecular formula is C14H19FN4. The molecule has 0 spiro atoms. The van der Waals surface area contributed by atoms with Crippen LogP contribution in [0.1, 0.15) is 37.6 Å². The number of halogens is 1. The van der Waals surface area contributed by atoms with Crippen molar-refractivity contribution < 1.29 is 4.39 Å². The van der Waals surface area contributed by atoms with E-state index in [1.165, 1.54) is 12.3 Å². The maximum atomic E-state index is 13.0. The van der Waals surface area contributed by atoms with Crippen LogP contribution in [0.25, 0.3) is 0 Å². The van der Waals surface area contributed by atoms with Gasteiger partial charge in [0.05, 0.1) is 24.1 Å². The molecule has 1 atom stereocenters. The fourth-order valence-electron chi connectivity index (χ4n) is 1.94. The summed E-state index contributed by atoms with van der Waals surface area (Å²) >= 11 is 0. The van der Waals surface area contributed by atoms with E-state index in [0.29, 0.717) is 0 Å². The molecule has 0 saturated carbocycles. The quantitative estimate of drug-likeness (QED) is 0.870. The van der Waals surface area contributed by atoms with Crippen LogP contribution in [0, 0.1) is 5.82 Å². The number of hydrogen-bond donors (Lipinski definition) is 1. The van der Waals surface area contributed by atoms with Crippen LogP contribution in [0.5, 0.6) is 0 Å². The topological polar surface area (TPSA) is 42.7 Å². The van der Waals surface area contributed by atoms with Gasteiger partial charge in [-0.05, 0) is 32.0 Å². The van der Waals surface area contributed by atoms with Crippen LogP contribution >= 0.6 is 0 Å². The average Bonchev–Trinajstić information content (AvgIpc) is 2.90. The molecule has 2 aromatic heterocycles. The molecule has 0 saturated heterocycles. The minimum absolute atomic E-state index is 0.0409. The van der Waals surface area contributed by atoms with Gasteiger partial charge in [-0.1, -0.05) is 6.92 Å². The molecule has 1 unspecified atom stereocenters. The molecule has 2 heterocycles. The lowest BCUT2D eigenvalue weighted by Crippen LogP contribution is -2.23. The highest BCUT2D eigenvalue weighted by Crippen LogP contribution is 2.20. The highest BCUT2D eigenvalue weighted by Gasteiger charge is 2.16. The summed E-state index contributed by atoms with van der Waals surface area (Å²) in [6.07, 6.45) is 6.11. The van der Waals surface area contributed by atoms with Crippen LogP contribution in [-0.2, 0) is 6.54 Å². The number of nitrogens with zero attached hydrogens (tertiary/aromatic N) is 3. The molecule has 4 nitrogen and oxygen atoms in total. The second-order valence-corrected chi connectivity index (χ2v) is 4.42. The van der Waals surface area contributed by atoms with Gasteiger partial charge in [0.2, 0.25) is 0 Å². The number of pyridine rings is 1. The number of aryl methyl sites for hydroxylation is 1. The van der Waals surface area contributed by atoms with Gasteiger partial charge in [0.25, 0.3) is 0 Å². The van der Waals surface area contributed by atoms with Gasteiger partial charge in [-0.15, -0.1) is 0 Å². The molecule has 19 heavy (non-hydrogen) atoms. The molecule has 0 aliphatic carbocycles. The Labute approximate surface area is 112 Å². The van der Waals surface area contributed by atoms with E-state index in [0.717, 1.165) is 30.8 Å². The van der Waals surface area contributed by atoms with Crippen LogP contribution in [0.15, 0.2) is 30.7 Å². The van der Waals surface area contributed by atoms with E-state index in [1.54, 1.807) is 6.07 Å². The summed E-state index contributed by atoms with van der Waals surface area (Å²) in [7, 11) is 0. The second kappa shape index (κ2) is 6.43. The standard InChI is InChI=1S/C14H19FN4/c1-3-7-16-14(11-8-18-19(4-2)10-11)13-6-5-12(15)9-17-13/h5-6,8-10,14,16H,3-4,7H2,1-2H3. The Morgan fingerprint density at radius 1 is 1.32 bits per heavy atom. The Hall–Kier alpha value is -1.75. The second-order valence-electron chi connectivity index (χ2n) is 4.42. The van der Waals surface area contributed by atoms with Crippen molar-refractivity contribution in [1.29, 1.82) is 0 Å². The van der Waals surface area contributed by atoms with E-state index in [-0.39, 0.29) is 11.9 Å². The molecule has 2 rings (SSSR count). The van der Waals surface area contributed by atoms with Gasteiger partial charge in [0.1, 0.15) is 5.82 Å². The Kier molecular flexibility index (Phi) is 4.63. The van der Waals surface area contributed by atoms with Crippen LogP contribution in [0.3, 0.4) is 0 Å². The van der Waals surface area contributed by atoms with Gasteiger partial charge in [-0.3, -0.25) is 9.67 Å². The van der Waals surface area contributed by atoms with Crippen molar-refractivity contribution in [3.63, 3.8) is 0 Å². The third kappa shape index (κ3) is 3.38. The summed E-state index contributed by atoms with van der Waals surface area (Å²) in [5.74, 6) is -0.317. The van der Waals surface area contributed by atoms with Crippen molar-refractivity contribution in [2.24, 2.45) is 0 Å². The SMILES string of the molecule is CCCNC(c1cnn(CC)c1)c1ccc(F)cn1.